The Bertz CT molecular complexity index is 183. The van der Waals surface area contributed by atoms with Crippen LogP contribution in [0, 0.1) is 0 Å². The summed E-state index contributed by atoms with van der Waals surface area (Å²) in [4.78, 5) is 0. The smallest absolute Gasteiger partial charge is 0.0724 e. The molecular formula is C10H21NOP2. The minimum absolute atomic E-state index is 0.510. The zero-order valence-electron chi connectivity index (χ0n) is 9.08. The van der Waals surface area contributed by atoms with Crippen molar-refractivity contribution in [2.24, 2.45) is 0 Å². The molecule has 4 heteroatoms. The number of nitrogens with zero attached hydrogens (tertiary/aromatic N) is 1. The van der Waals surface area contributed by atoms with Crippen LogP contribution in [-0.4, -0.2) is 33.0 Å². The molecule has 2 fully saturated rings. The van der Waals surface area contributed by atoms with E-state index in [0.717, 1.165) is 35.3 Å². The topological polar surface area (TPSA) is 23.5 Å². The summed E-state index contributed by atoms with van der Waals surface area (Å²) in [7, 11) is 1.97. The van der Waals surface area contributed by atoms with Gasteiger partial charge in [-0.1, -0.05) is 0 Å². The van der Waals surface area contributed by atoms with E-state index >= 15 is 0 Å². The van der Waals surface area contributed by atoms with Gasteiger partial charge in [0.1, 0.15) is 0 Å². The maximum Gasteiger partial charge on any atom is 0.0724 e. The van der Waals surface area contributed by atoms with Crippen molar-refractivity contribution in [2.45, 2.75) is 56.4 Å². The van der Waals surface area contributed by atoms with E-state index in [-0.39, 0.29) is 0 Å². The largest absolute Gasteiger partial charge is 0.389 e. The fraction of sp³-hybridized carbons (Fsp3) is 1.00. The quantitative estimate of drug-likeness (QED) is 0.713. The van der Waals surface area contributed by atoms with E-state index in [1.54, 1.807) is 0 Å². The zero-order chi connectivity index (χ0) is 10.2. The van der Waals surface area contributed by atoms with Gasteiger partial charge in [-0.05, 0) is 68.3 Å². The van der Waals surface area contributed by atoms with Crippen molar-refractivity contribution in [1.82, 2.24) is 4.44 Å². The van der Waals surface area contributed by atoms with Gasteiger partial charge in [0.2, 0.25) is 0 Å². The lowest BCUT2D eigenvalue weighted by atomic mass is 10.1. The van der Waals surface area contributed by atoms with Gasteiger partial charge in [-0.2, -0.15) is 0 Å². The van der Waals surface area contributed by atoms with Gasteiger partial charge < -0.3 is 5.11 Å². The summed E-state index contributed by atoms with van der Waals surface area (Å²) in [6.45, 7) is 4.72. The van der Waals surface area contributed by atoms with Gasteiger partial charge in [-0.15, -0.1) is 0 Å². The van der Waals surface area contributed by atoms with Gasteiger partial charge in [-0.3, -0.25) is 4.44 Å². The Hall–Kier alpha value is 0.780. The van der Waals surface area contributed by atoms with Crippen LogP contribution in [0.4, 0.5) is 0 Å². The average Bonchev–Trinajstić information content (AvgIpc) is 2.77. The third kappa shape index (κ3) is 4.53. The number of aliphatic hydroxyl groups is 1. The summed E-state index contributed by atoms with van der Waals surface area (Å²) < 4.78 is 2.54. The third-order valence-electron chi connectivity index (χ3n) is 2.38. The molecule has 2 aliphatic carbocycles. The Morgan fingerprint density at radius 1 is 1.14 bits per heavy atom. The highest BCUT2D eigenvalue weighted by Crippen LogP contribution is 2.52. The van der Waals surface area contributed by atoms with E-state index < -0.39 is 5.60 Å². The van der Waals surface area contributed by atoms with Crippen LogP contribution >= 0.6 is 17.5 Å². The molecule has 0 bridgehead atoms. The van der Waals surface area contributed by atoms with Crippen LogP contribution in [0.1, 0.15) is 39.5 Å². The lowest BCUT2D eigenvalue weighted by Crippen LogP contribution is -2.31. The molecule has 0 saturated heterocycles. The number of hydrogen-bond donors (Lipinski definition) is 1. The second-order valence-corrected chi connectivity index (χ2v) is 8.88. The van der Waals surface area contributed by atoms with Crippen molar-refractivity contribution in [1.29, 1.82) is 0 Å². The van der Waals surface area contributed by atoms with Gasteiger partial charge in [0, 0.05) is 6.54 Å². The molecule has 2 rings (SSSR count). The summed E-state index contributed by atoms with van der Waals surface area (Å²) in [6.07, 6.45) is 5.71. The maximum atomic E-state index is 9.82. The van der Waals surface area contributed by atoms with Crippen molar-refractivity contribution >= 4 is 17.5 Å². The van der Waals surface area contributed by atoms with E-state index in [2.05, 4.69) is 4.44 Å². The molecule has 0 aliphatic heterocycles. The van der Waals surface area contributed by atoms with Gasteiger partial charge in [-0.25, -0.2) is 0 Å². The summed E-state index contributed by atoms with van der Waals surface area (Å²) in [5, 5.41) is 9.82. The molecule has 0 spiro atoms. The van der Waals surface area contributed by atoms with Crippen molar-refractivity contribution in [3.8, 4) is 0 Å². The van der Waals surface area contributed by atoms with E-state index in [1.807, 2.05) is 13.8 Å². The SMILES string of the molecule is CC(C)(O)CN(PC1CC1)PC1CC1. The number of rotatable bonds is 6. The molecule has 2 saturated carbocycles. The van der Waals surface area contributed by atoms with Gasteiger partial charge in [0.15, 0.2) is 0 Å². The fourth-order valence-electron chi connectivity index (χ4n) is 1.38. The minimum atomic E-state index is -0.510. The molecule has 0 aromatic carbocycles. The highest BCUT2D eigenvalue weighted by Gasteiger charge is 2.31. The van der Waals surface area contributed by atoms with Crippen molar-refractivity contribution < 1.29 is 5.11 Å². The van der Waals surface area contributed by atoms with Crippen molar-refractivity contribution in [3.05, 3.63) is 0 Å². The van der Waals surface area contributed by atoms with Crippen LogP contribution in [0.3, 0.4) is 0 Å². The summed E-state index contributed by atoms with van der Waals surface area (Å²) in [5.41, 5.74) is 1.44. The first kappa shape index (κ1) is 11.3. The monoisotopic (exact) mass is 233 g/mol. The number of hydrogen-bond acceptors (Lipinski definition) is 2. The normalized spacial score (nSPS) is 24.9. The van der Waals surface area contributed by atoms with Crippen LogP contribution < -0.4 is 0 Å². The summed E-state index contributed by atoms with van der Waals surface area (Å²) >= 11 is 0. The van der Waals surface area contributed by atoms with Crippen molar-refractivity contribution in [2.75, 3.05) is 6.54 Å². The summed E-state index contributed by atoms with van der Waals surface area (Å²) in [6, 6.07) is 0. The summed E-state index contributed by atoms with van der Waals surface area (Å²) in [5.74, 6) is 0. The Balaban J connectivity index is 1.76. The molecule has 0 amide bonds. The first-order chi connectivity index (χ1) is 6.53. The van der Waals surface area contributed by atoms with E-state index in [9.17, 15) is 5.11 Å². The second kappa shape index (κ2) is 4.34. The zero-order valence-corrected chi connectivity index (χ0v) is 11.1. The van der Waals surface area contributed by atoms with Crippen molar-refractivity contribution in [3.63, 3.8) is 0 Å². The van der Waals surface area contributed by atoms with Crippen LogP contribution in [0.25, 0.3) is 0 Å². The third-order valence-corrected chi connectivity index (χ3v) is 5.98. The van der Waals surface area contributed by atoms with E-state index in [1.165, 1.54) is 25.7 Å². The second-order valence-electron chi connectivity index (χ2n) is 5.21. The van der Waals surface area contributed by atoms with E-state index in [0.29, 0.717) is 0 Å². The Morgan fingerprint density at radius 3 is 1.86 bits per heavy atom. The molecule has 14 heavy (non-hydrogen) atoms. The Morgan fingerprint density at radius 2 is 1.57 bits per heavy atom. The molecular weight excluding hydrogens is 212 g/mol. The highest BCUT2D eigenvalue weighted by atomic mass is 31.1. The van der Waals surface area contributed by atoms with Crippen LogP contribution in [0.2, 0.25) is 0 Å². The maximum absolute atomic E-state index is 9.82. The Kier molecular flexibility index (Phi) is 3.49. The minimum Gasteiger partial charge on any atom is -0.389 e. The lowest BCUT2D eigenvalue weighted by Gasteiger charge is -2.28. The molecule has 2 atom stereocenters. The highest BCUT2D eigenvalue weighted by molar-refractivity contribution is 7.52. The van der Waals surface area contributed by atoms with Gasteiger partial charge >= 0.3 is 0 Å². The molecule has 0 radical (unpaired) electrons. The van der Waals surface area contributed by atoms with Gasteiger partial charge in [0.25, 0.3) is 0 Å². The average molecular weight is 233 g/mol. The molecule has 2 unspecified atom stereocenters. The Labute approximate surface area is 90.5 Å². The molecule has 0 aromatic heterocycles. The van der Waals surface area contributed by atoms with Crippen LogP contribution in [0.5, 0.6) is 0 Å². The lowest BCUT2D eigenvalue weighted by molar-refractivity contribution is 0.0744. The molecule has 0 aromatic rings. The predicted molar refractivity (Wildman–Crippen MR) is 65.7 cm³/mol. The molecule has 2 nitrogen and oxygen atoms in total. The molecule has 82 valence electrons. The first-order valence-corrected chi connectivity index (χ1v) is 7.60. The van der Waals surface area contributed by atoms with Gasteiger partial charge in [0.05, 0.1) is 5.60 Å². The van der Waals surface area contributed by atoms with Crippen LogP contribution in [0.15, 0.2) is 0 Å². The van der Waals surface area contributed by atoms with Crippen LogP contribution in [-0.2, 0) is 0 Å². The first-order valence-electron chi connectivity index (χ1n) is 5.55. The van der Waals surface area contributed by atoms with E-state index in [4.69, 9.17) is 0 Å². The molecule has 2 aliphatic rings. The molecule has 0 heterocycles. The fourth-order valence-corrected chi connectivity index (χ4v) is 5.46. The predicted octanol–water partition coefficient (Wildman–Crippen LogP) is 2.57. The molecule has 1 N–H and O–H groups in total. The standard InChI is InChI=1S/C10H21NOP2/c1-10(2,12)7-11(13-8-3-4-8)14-9-5-6-9/h8-9,12-14H,3-7H2,1-2H3.